The van der Waals surface area contributed by atoms with E-state index < -0.39 is 0 Å². The Bertz CT molecular complexity index is 481. The average molecular weight is 260 g/mol. The van der Waals surface area contributed by atoms with Gasteiger partial charge in [0.2, 0.25) is 11.8 Å². The Morgan fingerprint density at radius 2 is 1.95 bits per heavy atom. The number of likely N-dealkylation sites (tertiary alicyclic amines) is 1. The molecule has 0 bridgehead atoms. The van der Waals surface area contributed by atoms with Gasteiger partial charge in [-0.1, -0.05) is 36.8 Å². The summed E-state index contributed by atoms with van der Waals surface area (Å²) in [5, 5.41) is 3.17. The van der Waals surface area contributed by atoms with Crippen LogP contribution in [0.15, 0.2) is 24.3 Å². The maximum Gasteiger partial charge on any atom is 0.232 e. The Hall–Kier alpha value is -1.68. The van der Waals surface area contributed by atoms with Gasteiger partial charge in [0.05, 0.1) is 6.04 Å². The fourth-order valence-electron chi connectivity index (χ4n) is 2.38. The maximum absolute atomic E-state index is 11.9. The molecule has 2 amide bonds. The number of nitrogens with one attached hydrogen (secondary N) is 1. The lowest BCUT2D eigenvalue weighted by atomic mass is 10.0. The molecule has 4 heteroatoms. The van der Waals surface area contributed by atoms with Crippen LogP contribution in [0.4, 0.5) is 0 Å². The van der Waals surface area contributed by atoms with E-state index >= 15 is 0 Å². The van der Waals surface area contributed by atoms with E-state index in [0.29, 0.717) is 13.0 Å². The fourth-order valence-corrected chi connectivity index (χ4v) is 2.38. The van der Waals surface area contributed by atoms with Crippen molar-refractivity contribution in [2.45, 2.75) is 26.3 Å². The third kappa shape index (κ3) is 2.84. The van der Waals surface area contributed by atoms with E-state index in [-0.39, 0.29) is 23.8 Å². The molecular weight excluding hydrogens is 240 g/mol. The zero-order valence-corrected chi connectivity index (χ0v) is 11.6. The largest absolute Gasteiger partial charge is 0.312 e. The third-order valence-corrected chi connectivity index (χ3v) is 3.66. The summed E-state index contributed by atoms with van der Waals surface area (Å²) in [6.45, 7) is 4.25. The standard InChI is InChI=1S/C15H20N2O2/c1-10-4-6-12(7-5-10)13(16-3)9-17-14(18)8-11(2)15(17)19/h4-7,11,13,16H,8-9H2,1-3H3. The maximum atomic E-state index is 11.9. The summed E-state index contributed by atoms with van der Waals surface area (Å²) in [5.41, 5.74) is 2.29. The van der Waals surface area contributed by atoms with Gasteiger partial charge in [-0.15, -0.1) is 0 Å². The van der Waals surface area contributed by atoms with Crippen molar-refractivity contribution in [1.82, 2.24) is 10.2 Å². The number of aryl methyl sites for hydroxylation is 1. The molecule has 1 aliphatic rings. The van der Waals surface area contributed by atoms with Crippen LogP contribution in [0.25, 0.3) is 0 Å². The van der Waals surface area contributed by atoms with Gasteiger partial charge in [0.1, 0.15) is 0 Å². The van der Waals surface area contributed by atoms with Gasteiger partial charge in [-0.2, -0.15) is 0 Å². The predicted octanol–water partition coefficient (Wildman–Crippen LogP) is 1.65. The highest BCUT2D eigenvalue weighted by atomic mass is 16.2. The number of hydrogen-bond donors (Lipinski definition) is 1. The lowest BCUT2D eigenvalue weighted by molar-refractivity contribution is -0.139. The second kappa shape index (κ2) is 5.53. The molecule has 0 spiro atoms. The number of benzene rings is 1. The molecule has 1 saturated heterocycles. The van der Waals surface area contributed by atoms with E-state index in [0.717, 1.165) is 5.56 Å². The van der Waals surface area contributed by atoms with Crippen LogP contribution in [-0.2, 0) is 9.59 Å². The van der Waals surface area contributed by atoms with Gasteiger partial charge in [0.15, 0.2) is 0 Å². The van der Waals surface area contributed by atoms with E-state index in [1.54, 1.807) is 6.92 Å². The monoisotopic (exact) mass is 260 g/mol. The summed E-state index contributed by atoms with van der Waals surface area (Å²) >= 11 is 0. The first kappa shape index (κ1) is 13.7. The second-order valence-electron chi connectivity index (χ2n) is 5.20. The number of likely N-dealkylation sites (N-methyl/N-ethyl adjacent to an activating group) is 1. The minimum Gasteiger partial charge on any atom is -0.312 e. The third-order valence-electron chi connectivity index (χ3n) is 3.66. The van der Waals surface area contributed by atoms with Gasteiger partial charge in [-0.3, -0.25) is 14.5 Å². The zero-order valence-electron chi connectivity index (χ0n) is 11.6. The van der Waals surface area contributed by atoms with Crippen molar-refractivity contribution in [3.8, 4) is 0 Å². The number of imide groups is 1. The number of hydrogen-bond acceptors (Lipinski definition) is 3. The van der Waals surface area contributed by atoms with Crippen LogP contribution in [0.1, 0.15) is 30.5 Å². The highest BCUT2D eigenvalue weighted by Crippen LogP contribution is 2.22. The van der Waals surface area contributed by atoms with Gasteiger partial charge in [-0.25, -0.2) is 0 Å². The molecule has 1 heterocycles. The van der Waals surface area contributed by atoms with Crippen LogP contribution in [0, 0.1) is 12.8 Å². The lowest BCUT2D eigenvalue weighted by Gasteiger charge is -2.23. The van der Waals surface area contributed by atoms with E-state index in [2.05, 4.69) is 5.32 Å². The van der Waals surface area contributed by atoms with Crippen LogP contribution in [0.3, 0.4) is 0 Å². The zero-order chi connectivity index (χ0) is 14.0. The summed E-state index contributed by atoms with van der Waals surface area (Å²) in [5.74, 6) is -0.301. The van der Waals surface area contributed by atoms with Gasteiger partial charge in [0.25, 0.3) is 0 Å². The van der Waals surface area contributed by atoms with Gasteiger partial charge in [0, 0.05) is 18.9 Å². The number of nitrogens with zero attached hydrogens (tertiary/aromatic N) is 1. The minimum atomic E-state index is -0.178. The number of carbonyl (C=O) groups is 2. The fraction of sp³-hybridized carbons (Fsp3) is 0.467. The molecule has 1 fully saturated rings. The quantitative estimate of drug-likeness (QED) is 0.837. The van der Waals surface area contributed by atoms with Gasteiger partial charge in [-0.05, 0) is 19.5 Å². The van der Waals surface area contributed by atoms with Crippen LogP contribution in [-0.4, -0.2) is 30.3 Å². The van der Waals surface area contributed by atoms with E-state index in [4.69, 9.17) is 0 Å². The molecule has 19 heavy (non-hydrogen) atoms. The Balaban J connectivity index is 2.13. The summed E-state index contributed by atoms with van der Waals surface area (Å²) in [6.07, 6.45) is 0.336. The Kier molecular flexibility index (Phi) is 4.00. The molecular formula is C15H20N2O2. The molecule has 2 rings (SSSR count). The molecule has 0 aliphatic carbocycles. The van der Waals surface area contributed by atoms with Crippen molar-refractivity contribution in [3.63, 3.8) is 0 Å². The molecule has 0 aromatic heterocycles. The number of rotatable bonds is 4. The second-order valence-corrected chi connectivity index (χ2v) is 5.20. The normalized spacial score (nSPS) is 21.0. The van der Waals surface area contributed by atoms with Gasteiger partial charge >= 0.3 is 0 Å². The van der Waals surface area contributed by atoms with E-state index in [1.165, 1.54) is 10.5 Å². The summed E-state index contributed by atoms with van der Waals surface area (Å²) in [6, 6.07) is 8.13. The Labute approximate surface area is 113 Å². The first-order valence-electron chi connectivity index (χ1n) is 6.61. The molecule has 4 nitrogen and oxygen atoms in total. The van der Waals surface area contributed by atoms with E-state index in [9.17, 15) is 9.59 Å². The van der Waals surface area contributed by atoms with E-state index in [1.807, 2.05) is 38.2 Å². The Morgan fingerprint density at radius 1 is 1.32 bits per heavy atom. The van der Waals surface area contributed by atoms with Crippen LogP contribution in [0.2, 0.25) is 0 Å². The van der Waals surface area contributed by atoms with Crippen LogP contribution < -0.4 is 5.32 Å². The molecule has 1 aliphatic heterocycles. The van der Waals surface area contributed by atoms with Crippen LogP contribution >= 0.6 is 0 Å². The lowest BCUT2D eigenvalue weighted by Crippen LogP contribution is -2.37. The summed E-state index contributed by atoms with van der Waals surface area (Å²) in [4.78, 5) is 25.1. The van der Waals surface area contributed by atoms with Gasteiger partial charge < -0.3 is 5.32 Å². The summed E-state index contributed by atoms with van der Waals surface area (Å²) < 4.78 is 0. The smallest absolute Gasteiger partial charge is 0.232 e. The van der Waals surface area contributed by atoms with Crippen LogP contribution in [0.5, 0.6) is 0 Å². The van der Waals surface area contributed by atoms with Crippen molar-refractivity contribution in [2.24, 2.45) is 5.92 Å². The average Bonchev–Trinajstić information content (AvgIpc) is 2.63. The van der Waals surface area contributed by atoms with Crippen molar-refractivity contribution in [1.29, 1.82) is 0 Å². The topological polar surface area (TPSA) is 49.4 Å². The molecule has 1 N–H and O–H groups in total. The molecule has 2 unspecified atom stereocenters. The first-order valence-corrected chi connectivity index (χ1v) is 6.61. The highest BCUT2D eigenvalue weighted by molar-refractivity contribution is 6.03. The van der Waals surface area contributed by atoms with Crippen molar-refractivity contribution in [3.05, 3.63) is 35.4 Å². The molecule has 1 aromatic rings. The molecule has 1 aromatic carbocycles. The number of amides is 2. The molecule has 2 atom stereocenters. The molecule has 0 saturated carbocycles. The molecule has 102 valence electrons. The highest BCUT2D eigenvalue weighted by Gasteiger charge is 2.36. The minimum absolute atomic E-state index is 0.0150. The van der Waals surface area contributed by atoms with Crippen molar-refractivity contribution >= 4 is 11.8 Å². The SMILES string of the molecule is CNC(CN1C(=O)CC(C)C1=O)c1ccc(C)cc1. The van der Waals surface area contributed by atoms with Crippen molar-refractivity contribution < 1.29 is 9.59 Å². The Morgan fingerprint density at radius 3 is 2.42 bits per heavy atom. The summed E-state index contributed by atoms with van der Waals surface area (Å²) in [7, 11) is 1.85. The number of carbonyl (C=O) groups excluding carboxylic acids is 2. The van der Waals surface area contributed by atoms with Crippen molar-refractivity contribution in [2.75, 3.05) is 13.6 Å². The first-order chi connectivity index (χ1) is 9.02. The predicted molar refractivity (Wildman–Crippen MR) is 73.5 cm³/mol. The molecule has 0 radical (unpaired) electrons.